The number of fused-ring (bicyclic) bond motifs is 1. The fourth-order valence-corrected chi connectivity index (χ4v) is 2.70. The molecule has 0 unspecified atom stereocenters. The maximum atomic E-state index is 12.8. The molecule has 0 saturated heterocycles. The van der Waals surface area contributed by atoms with E-state index in [2.05, 4.69) is 6.58 Å². The van der Waals surface area contributed by atoms with E-state index < -0.39 is 0 Å². The Morgan fingerprint density at radius 3 is 2.58 bits per heavy atom. The van der Waals surface area contributed by atoms with Crippen molar-refractivity contribution in [1.82, 2.24) is 4.57 Å². The molecule has 3 aromatic rings. The van der Waals surface area contributed by atoms with Crippen molar-refractivity contribution in [3.8, 4) is 0 Å². The number of benzene rings is 2. The summed E-state index contributed by atoms with van der Waals surface area (Å²) in [4.78, 5) is 24.5. The van der Waals surface area contributed by atoms with Crippen LogP contribution in [0.4, 0.5) is 0 Å². The van der Waals surface area contributed by atoms with Gasteiger partial charge in [-0.25, -0.2) is 0 Å². The van der Waals surface area contributed by atoms with Crippen LogP contribution in [-0.4, -0.2) is 23.4 Å². The summed E-state index contributed by atoms with van der Waals surface area (Å²) in [7, 11) is 1.35. The Bertz CT molecular complexity index is 923. The summed E-state index contributed by atoms with van der Waals surface area (Å²) in [5.74, 6) is -0.440. The van der Waals surface area contributed by atoms with Crippen molar-refractivity contribution in [2.75, 3.05) is 7.11 Å². The molecule has 4 heteroatoms. The van der Waals surface area contributed by atoms with Gasteiger partial charge in [0.2, 0.25) is 0 Å². The Kier molecular flexibility index (Phi) is 4.29. The highest BCUT2D eigenvalue weighted by Gasteiger charge is 2.18. The molecule has 1 aromatic heterocycles. The second-order valence-corrected chi connectivity index (χ2v) is 5.42. The SMILES string of the molecule is C=Cc1ccc2c(C(=O)c3ccccc3)cn(CC(=O)OC)c2c1. The summed E-state index contributed by atoms with van der Waals surface area (Å²) < 4.78 is 6.49. The molecule has 2 aromatic carbocycles. The van der Waals surface area contributed by atoms with Gasteiger partial charge < -0.3 is 9.30 Å². The first-order valence-corrected chi connectivity index (χ1v) is 7.56. The highest BCUT2D eigenvalue weighted by atomic mass is 16.5. The molecule has 0 N–H and O–H groups in total. The van der Waals surface area contributed by atoms with E-state index in [1.165, 1.54) is 7.11 Å². The third-order valence-electron chi connectivity index (χ3n) is 3.95. The van der Waals surface area contributed by atoms with Gasteiger partial charge in [0.15, 0.2) is 5.78 Å². The molecule has 0 aliphatic carbocycles. The van der Waals surface area contributed by atoms with E-state index in [9.17, 15) is 9.59 Å². The summed E-state index contributed by atoms with van der Waals surface area (Å²) in [6.45, 7) is 3.82. The van der Waals surface area contributed by atoms with E-state index in [-0.39, 0.29) is 18.3 Å². The van der Waals surface area contributed by atoms with Crippen molar-refractivity contribution < 1.29 is 14.3 Å². The van der Waals surface area contributed by atoms with E-state index in [4.69, 9.17) is 4.74 Å². The largest absolute Gasteiger partial charge is 0.468 e. The van der Waals surface area contributed by atoms with Crippen LogP contribution < -0.4 is 0 Å². The molecule has 24 heavy (non-hydrogen) atoms. The lowest BCUT2D eigenvalue weighted by Crippen LogP contribution is -2.10. The number of hydrogen-bond donors (Lipinski definition) is 0. The molecule has 0 atom stereocenters. The maximum Gasteiger partial charge on any atom is 0.325 e. The first-order valence-electron chi connectivity index (χ1n) is 7.56. The number of nitrogens with zero attached hydrogens (tertiary/aromatic N) is 1. The number of ether oxygens (including phenoxy) is 1. The number of rotatable bonds is 5. The molecule has 0 saturated carbocycles. The minimum Gasteiger partial charge on any atom is -0.468 e. The van der Waals surface area contributed by atoms with Crippen molar-refractivity contribution >= 4 is 28.7 Å². The molecule has 0 bridgehead atoms. The number of methoxy groups -OCH3 is 1. The fraction of sp³-hybridized carbons (Fsp3) is 0.100. The summed E-state index contributed by atoms with van der Waals surface area (Å²) >= 11 is 0. The van der Waals surface area contributed by atoms with Gasteiger partial charge in [0.1, 0.15) is 6.54 Å². The van der Waals surface area contributed by atoms with Gasteiger partial charge in [0.05, 0.1) is 7.11 Å². The van der Waals surface area contributed by atoms with Crippen molar-refractivity contribution in [3.63, 3.8) is 0 Å². The lowest BCUT2D eigenvalue weighted by molar-refractivity contribution is -0.141. The second kappa shape index (κ2) is 6.54. The normalized spacial score (nSPS) is 10.5. The van der Waals surface area contributed by atoms with Crippen LogP contribution in [0.25, 0.3) is 17.0 Å². The quantitative estimate of drug-likeness (QED) is 0.532. The van der Waals surface area contributed by atoms with Crippen molar-refractivity contribution in [1.29, 1.82) is 0 Å². The Labute approximate surface area is 140 Å². The monoisotopic (exact) mass is 319 g/mol. The average Bonchev–Trinajstić information content (AvgIpc) is 2.99. The number of carbonyl (C=O) groups excluding carboxylic acids is 2. The molecular formula is C20H17NO3. The van der Waals surface area contributed by atoms with Gasteiger partial charge in [-0.05, 0) is 11.6 Å². The van der Waals surface area contributed by atoms with Crippen LogP contribution >= 0.6 is 0 Å². The Morgan fingerprint density at radius 1 is 1.17 bits per heavy atom. The van der Waals surface area contributed by atoms with Crippen molar-refractivity contribution in [3.05, 3.63) is 78.0 Å². The number of carbonyl (C=O) groups is 2. The third kappa shape index (κ3) is 2.86. The fourth-order valence-electron chi connectivity index (χ4n) is 2.70. The topological polar surface area (TPSA) is 48.3 Å². The van der Waals surface area contributed by atoms with Crippen LogP contribution in [0, 0.1) is 0 Å². The highest BCUT2D eigenvalue weighted by Crippen LogP contribution is 2.25. The third-order valence-corrected chi connectivity index (χ3v) is 3.95. The Morgan fingerprint density at radius 2 is 1.92 bits per heavy atom. The second-order valence-electron chi connectivity index (χ2n) is 5.42. The van der Waals surface area contributed by atoms with E-state index in [1.54, 1.807) is 29.0 Å². The molecule has 0 aliphatic rings. The first-order chi connectivity index (χ1) is 11.6. The molecule has 0 spiro atoms. The summed E-state index contributed by atoms with van der Waals surface area (Å²) in [6.07, 6.45) is 3.44. The molecular weight excluding hydrogens is 302 g/mol. The number of aromatic nitrogens is 1. The van der Waals surface area contributed by atoms with Gasteiger partial charge in [0, 0.05) is 28.2 Å². The lowest BCUT2D eigenvalue weighted by Gasteiger charge is -2.04. The van der Waals surface area contributed by atoms with Gasteiger partial charge >= 0.3 is 5.97 Å². The lowest BCUT2D eigenvalue weighted by atomic mass is 10.0. The number of ketones is 1. The minimum absolute atomic E-state index is 0.0513. The van der Waals surface area contributed by atoms with E-state index >= 15 is 0 Å². The van der Waals surface area contributed by atoms with Crippen LogP contribution in [0.1, 0.15) is 21.5 Å². The van der Waals surface area contributed by atoms with E-state index in [1.807, 2.05) is 36.4 Å². The standard InChI is InChI=1S/C20H17NO3/c1-3-14-9-10-16-17(20(23)15-7-5-4-6-8-15)12-21(18(16)11-14)13-19(22)24-2/h3-12H,1,13H2,2H3. The molecule has 3 rings (SSSR count). The summed E-state index contributed by atoms with van der Waals surface area (Å²) in [5, 5.41) is 0.804. The smallest absolute Gasteiger partial charge is 0.325 e. The predicted octanol–water partition coefficient (Wildman–Crippen LogP) is 3.69. The zero-order valence-electron chi connectivity index (χ0n) is 13.4. The van der Waals surface area contributed by atoms with E-state index in [0.29, 0.717) is 11.1 Å². The van der Waals surface area contributed by atoms with Crippen LogP contribution in [0.2, 0.25) is 0 Å². The number of esters is 1. The van der Waals surface area contributed by atoms with Gasteiger partial charge in [0.25, 0.3) is 0 Å². The first kappa shape index (κ1) is 15.7. The van der Waals surface area contributed by atoms with Crippen LogP contribution in [0.3, 0.4) is 0 Å². The molecule has 120 valence electrons. The zero-order chi connectivity index (χ0) is 17.1. The molecule has 4 nitrogen and oxygen atoms in total. The highest BCUT2D eigenvalue weighted by molar-refractivity contribution is 6.16. The van der Waals surface area contributed by atoms with Crippen molar-refractivity contribution in [2.45, 2.75) is 6.54 Å². The molecule has 1 heterocycles. The van der Waals surface area contributed by atoms with Gasteiger partial charge in [-0.2, -0.15) is 0 Å². The van der Waals surface area contributed by atoms with Crippen LogP contribution in [-0.2, 0) is 16.1 Å². The van der Waals surface area contributed by atoms with E-state index in [0.717, 1.165) is 16.5 Å². The van der Waals surface area contributed by atoms with Crippen LogP contribution in [0.5, 0.6) is 0 Å². The molecule has 0 radical (unpaired) electrons. The molecule has 0 aliphatic heterocycles. The van der Waals surface area contributed by atoms with Crippen LogP contribution in [0.15, 0.2) is 61.3 Å². The van der Waals surface area contributed by atoms with Gasteiger partial charge in [-0.15, -0.1) is 0 Å². The Hall–Kier alpha value is -3.14. The van der Waals surface area contributed by atoms with Crippen molar-refractivity contribution in [2.24, 2.45) is 0 Å². The Balaban J connectivity index is 2.16. The molecule has 0 amide bonds. The average molecular weight is 319 g/mol. The van der Waals surface area contributed by atoms with Gasteiger partial charge in [-0.3, -0.25) is 9.59 Å². The van der Waals surface area contributed by atoms with Gasteiger partial charge in [-0.1, -0.05) is 55.1 Å². The number of hydrogen-bond acceptors (Lipinski definition) is 3. The minimum atomic E-state index is -0.366. The molecule has 0 fully saturated rings. The summed E-state index contributed by atoms with van der Waals surface area (Å²) in [5.41, 5.74) is 2.90. The maximum absolute atomic E-state index is 12.8. The predicted molar refractivity (Wildman–Crippen MR) is 93.9 cm³/mol. The zero-order valence-corrected chi connectivity index (χ0v) is 13.4. The summed E-state index contributed by atoms with van der Waals surface area (Å²) in [6, 6.07) is 14.8.